The molecule has 2 N–H and O–H groups in total. The normalized spacial score (nSPS) is 16.0. The molecule has 0 bridgehead atoms. The third kappa shape index (κ3) is 3.62. The predicted molar refractivity (Wildman–Crippen MR) is 114 cm³/mol. The van der Waals surface area contributed by atoms with Crippen molar-refractivity contribution in [2.45, 2.75) is 43.6 Å². The van der Waals surface area contributed by atoms with Gasteiger partial charge in [0.25, 0.3) is 0 Å². The van der Waals surface area contributed by atoms with E-state index in [1.807, 2.05) is 24.3 Å². The first-order valence-electron chi connectivity index (χ1n) is 10.7. The molecule has 164 valence electrons. The topological polar surface area (TPSA) is 115 Å². The second kappa shape index (κ2) is 8.11. The molecule has 2 aliphatic carbocycles. The fraction of sp³-hybridized carbons (Fsp3) is 0.333. The van der Waals surface area contributed by atoms with Gasteiger partial charge in [-0.25, -0.2) is 4.79 Å². The summed E-state index contributed by atoms with van der Waals surface area (Å²) in [6.45, 7) is 0.228. The van der Waals surface area contributed by atoms with Crippen molar-refractivity contribution in [3.63, 3.8) is 0 Å². The van der Waals surface area contributed by atoms with Gasteiger partial charge < -0.3 is 19.7 Å². The van der Waals surface area contributed by atoms with E-state index in [2.05, 4.69) is 39.7 Å². The number of alkyl carbamates (subject to hydrolysis) is 1. The fourth-order valence-corrected chi connectivity index (χ4v) is 4.53. The van der Waals surface area contributed by atoms with E-state index in [0.29, 0.717) is 18.7 Å². The average molecular weight is 433 g/mol. The van der Waals surface area contributed by atoms with Gasteiger partial charge in [-0.2, -0.15) is 4.98 Å². The number of aromatic nitrogens is 2. The van der Waals surface area contributed by atoms with Crippen molar-refractivity contribution in [3.05, 3.63) is 71.4 Å². The first-order chi connectivity index (χ1) is 15.6. The summed E-state index contributed by atoms with van der Waals surface area (Å²) < 4.78 is 10.8. The molecule has 0 saturated heterocycles. The fourth-order valence-electron chi connectivity index (χ4n) is 4.53. The smallest absolute Gasteiger partial charge is 0.407 e. The number of carbonyl (C=O) groups excluding carboxylic acids is 1. The lowest BCUT2D eigenvalue weighted by atomic mass is 9.76. The number of carbonyl (C=O) groups is 2. The lowest BCUT2D eigenvalue weighted by molar-refractivity contribution is -0.137. The van der Waals surface area contributed by atoms with Crippen LogP contribution in [0.4, 0.5) is 4.79 Å². The highest BCUT2D eigenvalue weighted by molar-refractivity contribution is 5.79. The van der Waals surface area contributed by atoms with Crippen LogP contribution in [0.15, 0.2) is 53.1 Å². The molecule has 32 heavy (non-hydrogen) atoms. The maximum atomic E-state index is 12.7. The molecule has 2 aromatic carbocycles. The summed E-state index contributed by atoms with van der Waals surface area (Å²) in [5.74, 6) is -0.321. The Kier molecular flexibility index (Phi) is 5.13. The van der Waals surface area contributed by atoms with Gasteiger partial charge in [-0.05, 0) is 41.5 Å². The van der Waals surface area contributed by atoms with Gasteiger partial charge in [0.1, 0.15) is 12.1 Å². The van der Waals surface area contributed by atoms with E-state index in [1.165, 1.54) is 11.1 Å². The number of carboxylic acids is 1. The Hall–Kier alpha value is -3.68. The van der Waals surface area contributed by atoms with Crippen molar-refractivity contribution in [3.8, 4) is 11.1 Å². The summed E-state index contributed by atoms with van der Waals surface area (Å²) in [7, 11) is 0. The Labute approximate surface area is 184 Å². The molecule has 0 atom stereocenters. The van der Waals surface area contributed by atoms with Crippen LogP contribution >= 0.6 is 0 Å². The maximum absolute atomic E-state index is 12.7. The average Bonchev–Trinajstić information content (AvgIpc) is 3.37. The van der Waals surface area contributed by atoms with Crippen molar-refractivity contribution in [2.24, 2.45) is 0 Å². The minimum absolute atomic E-state index is 0.0155. The van der Waals surface area contributed by atoms with Crippen molar-refractivity contribution in [2.75, 3.05) is 6.61 Å². The van der Waals surface area contributed by atoms with E-state index >= 15 is 0 Å². The number of hydrogen-bond acceptors (Lipinski definition) is 6. The van der Waals surface area contributed by atoms with Crippen LogP contribution in [-0.4, -0.2) is 33.9 Å². The highest BCUT2D eigenvalue weighted by Crippen LogP contribution is 2.45. The third-order valence-electron chi connectivity index (χ3n) is 6.34. The number of benzene rings is 2. The molecule has 1 aromatic heterocycles. The van der Waals surface area contributed by atoms with Gasteiger partial charge in [0.2, 0.25) is 5.89 Å². The molecule has 5 rings (SSSR count). The lowest BCUT2D eigenvalue weighted by Crippen LogP contribution is -2.51. The molecule has 0 spiro atoms. The van der Waals surface area contributed by atoms with Crippen LogP contribution in [0, 0.1) is 0 Å². The minimum atomic E-state index is -0.931. The summed E-state index contributed by atoms with van der Waals surface area (Å²) in [4.78, 5) is 27.8. The maximum Gasteiger partial charge on any atom is 0.407 e. The van der Waals surface area contributed by atoms with Crippen LogP contribution in [0.3, 0.4) is 0 Å². The van der Waals surface area contributed by atoms with E-state index in [0.717, 1.165) is 17.5 Å². The molecule has 0 unspecified atom stereocenters. The summed E-state index contributed by atoms with van der Waals surface area (Å²) in [5, 5.41) is 15.7. The second-order valence-electron chi connectivity index (χ2n) is 8.29. The number of nitrogens with zero attached hydrogens (tertiary/aromatic N) is 2. The number of ether oxygens (including phenoxy) is 1. The van der Waals surface area contributed by atoms with Crippen LogP contribution < -0.4 is 5.32 Å². The highest BCUT2D eigenvalue weighted by Gasteiger charge is 2.45. The Morgan fingerprint density at radius 1 is 1.09 bits per heavy atom. The van der Waals surface area contributed by atoms with E-state index < -0.39 is 17.6 Å². The molecule has 1 fully saturated rings. The summed E-state index contributed by atoms with van der Waals surface area (Å²) in [5.41, 5.74) is 3.93. The van der Waals surface area contributed by atoms with Crippen molar-refractivity contribution < 1.29 is 24.0 Å². The SMILES string of the molecule is O=C(O)CCc1nc(C2(NC(=O)OCC3c4ccccc4-c4ccccc43)CCC2)no1. The third-order valence-corrected chi connectivity index (χ3v) is 6.34. The van der Waals surface area contributed by atoms with Crippen LogP contribution in [0.25, 0.3) is 11.1 Å². The first kappa shape index (κ1) is 20.2. The Morgan fingerprint density at radius 3 is 2.34 bits per heavy atom. The number of rotatable bonds is 7. The van der Waals surface area contributed by atoms with Crippen LogP contribution in [0.5, 0.6) is 0 Å². The molecule has 1 heterocycles. The van der Waals surface area contributed by atoms with E-state index in [9.17, 15) is 9.59 Å². The minimum Gasteiger partial charge on any atom is -0.481 e. The molecular formula is C24H23N3O5. The van der Waals surface area contributed by atoms with Gasteiger partial charge in [0.15, 0.2) is 5.82 Å². The van der Waals surface area contributed by atoms with Gasteiger partial charge in [0, 0.05) is 12.3 Å². The standard InChI is InChI=1S/C24H23N3O5/c28-21(29)11-10-20-25-22(27-32-20)24(12-5-13-24)26-23(30)31-14-19-17-8-3-1-6-15(17)16-7-2-4-9-18(16)19/h1-4,6-9,19H,5,10-14H2,(H,26,30)(H,28,29). The summed E-state index contributed by atoms with van der Waals surface area (Å²) >= 11 is 0. The molecule has 0 radical (unpaired) electrons. The summed E-state index contributed by atoms with van der Waals surface area (Å²) in [6, 6.07) is 16.4. The number of aliphatic carboxylic acids is 1. The van der Waals surface area contributed by atoms with Gasteiger partial charge in [-0.15, -0.1) is 0 Å². The molecule has 8 heteroatoms. The lowest BCUT2D eigenvalue weighted by Gasteiger charge is -2.39. The molecule has 0 aliphatic heterocycles. The largest absolute Gasteiger partial charge is 0.481 e. The zero-order chi connectivity index (χ0) is 22.1. The highest BCUT2D eigenvalue weighted by atomic mass is 16.5. The van der Waals surface area contributed by atoms with Crippen LogP contribution in [-0.2, 0) is 21.5 Å². The monoisotopic (exact) mass is 433 g/mol. The van der Waals surface area contributed by atoms with E-state index in [1.54, 1.807) is 0 Å². The van der Waals surface area contributed by atoms with Crippen molar-refractivity contribution >= 4 is 12.1 Å². The number of carboxylic acid groups (broad SMARTS) is 1. The Morgan fingerprint density at radius 2 is 1.75 bits per heavy atom. The van der Waals surface area contributed by atoms with Gasteiger partial charge in [-0.3, -0.25) is 4.79 Å². The number of aryl methyl sites for hydroxylation is 1. The van der Waals surface area contributed by atoms with Crippen molar-refractivity contribution in [1.82, 2.24) is 15.5 Å². The number of amides is 1. The van der Waals surface area contributed by atoms with E-state index in [-0.39, 0.29) is 31.3 Å². The quantitative estimate of drug-likeness (QED) is 0.579. The van der Waals surface area contributed by atoms with Gasteiger partial charge in [0.05, 0.1) is 6.42 Å². The number of fused-ring (bicyclic) bond motifs is 3. The Bertz CT molecular complexity index is 1120. The first-order valence-corrected chi connectivity index (χ1v) is 10.7. The zero-order valence-electron chi connectivity index (χ0n) is 17.4. The van der Waals surface area contributed by atoms with Crippen LogP contribution in [0.1, 0.15) is 54.4 Å². The van der Waals surface area contributed by atoms with Crippen molar-refractivity contribution in [1.29, 1.82) is 0 Å². The zero-order valence-corrected chi connectivity index (χ0v) is 17.4. The molecule has 1 amide bonds. The molecule has 1 saturated carbocycles. The predicted octanol–water partition coefficient (Wildman–Crippen LogP) is 4.00. The van der Waals surface area contributed by atoms with Gasteiger partial charge in [-0.1, -0.05) is 53.7 Å². The number of hydrogen-bond donors (Lipinski definition) is 2. The Balaban J connectivity index is 1.26. The summed E-state index contributed by atoms with van der Waals surface area (Å²) in [6.07, 6.45) is 1.81. The number of nitrogens with one attached hydrogen (secondary N) is 1. The second-order valence-corrected chi connectivity index (χ2v) is 8.29. The molecule has 2 aliphatic rings. The van der Waals surface area contributed by atoms with Crippen LogP contribution in [0.2, 0.25) is 0 Å². The molecule has 3 aromatic rings. The van der Waals surface area contributed by atoms with Gasteiger partial charge >= 0.3 is 12.1 Å². The molecular weight excluding hydrogens is 410 g/mol. The van der Waals surface area contributed by atoms with E-state index in [4.69, 9.17) is 14.4 Å². The molecule has 8 nitrogen and oxygen atoms in total.